The van der Waals surface area contributed by atoms with E-state index < -0.39 is 0 Å². The Balaban J connectivity index is 0.00000256. The standard InChI is InChI=1S/C22H29N5O2.ClH/c1-15-7-9-27(10-8-15)22(29)17-5-3-4-6-20(17)25-21(28)19-13-23-12-18(19)16-11-24-26(2)14-16;/h3-6,11,14-15,18-19,23H,7-10,12-13H2,1-2H3,(H,25,28);1H/t18-,19+;/m1./s1. The number of benzene rings is 1. The Hall–Kier alpha value is -2.38. The van der Waals surface area contributed by atoms with Crippen LogP contribution in [0.2, 0.25) is 0 Å². The van der Waals surface area contributed by atoms with Gasteiger partial charge in [-0.1, -0.05) is 19.1 Å². The molecule has 0 bridgehead atoms. The number of amides is 2. The summed E-state index contributed by atoms with van der Waals surface area (Å²) in [6, 6.07) is 7.34. The third kappa shape index (κ3) is 4.68. The predicted molar refractivity (Wildman–Crippen MR) is 119 cm³/mol. The molecule has 0 radical (unpaired) electrons. The minimum absolute atomic E-state index is 0. The second-order valence-electron chi connectivity index (χ2n) is 8.33. The zero-order valence-corrected chi connectivity index (χ0v) is 18.3. The fraction of sp³-hybridized carbons (Fsp3) is 0.500. The molecule has 2 aliphatic rings. The summed E-state index contributed by atoms with van der Waals surface area (Å²) in [6.45, 7) is 5.14. The van der Waals surface area contributed by atoms with Crippen LogP contribution >= 0.6 is 12.4 Å². The number of carbonyl (C=O) groups is 2. The third-order valence-corrected chi connectivity index (χ3v) is 6.19. The van der Waals surface area contributed by atoms with Crippen molar-refractivity contribution in [2.75, 3.05) is 31.5 Å². The van der Waals surface area contributed by atoms with Gasteiger partial charge in [-0.15, -0.1) is 12.4 Å². The molecule has 1 aromatic heterocycles. The topological polar surface area (TPSA) is 79.3 Å². The summed E-state index contributed by atoms with van der Waals surface area (Å²) in [5.74, 6) is 0.485. The van der Waals surface area contributed by atoms with E-state index in [-0.39, 0.29) is 36.1 Å². The number of para-hydroxylation sites is 1. The number of hydrogen-bond donors (Lipinski definition) is 2. The molecule has 4 rings (SSSR count). The number of aryl methyl sites for hydroxylation is 1. The van der Waals surface area contributed by atoms with Gasteiger partial charge in [-0.2, -0.15) is 5.10 Å². The lowest BCUT2D eigenvalue weighted by Gasteiger charge is -2.31. The Morgan fingerprint density at radius 3 is 2.60 bits per heavy atom. The molecule has 30 heavy (non-hydrogen) atoms. The normalized spacial score (nSPS) is 21.9. The maximum absolute atomic E-state index is 13.1. The van der Waals surface area contributed by atoms with E-state index in [1.54, 1.807) is 4.68 Å². The van der Waals surface area contributed by atoms with E-state index in [0.717, 1.165) is 38.0 Å². The van der Waals surface area contributed by atoms with E-state index >= 15 is 0 Å². The SMILES string of the molecule is CC1CCN(C(=O)c2ccccc2NC(=O)[C@H]2CNC[C@@H]2c2cnn(C)c2)CC1.Cl. The smallest absolute Gasteiger partial charge is 0.255 e. The molecular weight excluding hydrogens is 402 g/mol. The highest BCUT2D eigenvalue weighted by Gasteiger charge is 2.35. The van der Waals surface area contributed by atoms with Crippen molar-refractivity contribution in [2.45, 2.75) is 25.7 Å². The highest BCUT2D eigenvalue weighted by molar-refractivity contribution is 6.04. The fourth-order valence-corrected chi connectivity index (χ4v) is 4.32. The van der Waals surface area contributed by atoms with Crippen LogP contribution in [0.15, 0.2) is 36.7 Å². The van der Waals surface area contributed by atoms with Crippen LogP contribution in [0.1, 0.15) is 41.6 Å². The predicted octanol–water partition coefficient (Wildman–Crippen LogP) is 2.66. The van der Waals surface area contributed by atoms with E-state index in [1.807, 2.05) is 48.6 Å². The zero-order chi connectivity index (χ0) is 20.4. The van der Waals surface area contributed by atoms with E-state index in [4.69, 9.17) is 0 Å². The van der Waals surface area contributed by atoms with Crippen molar-refractivity contribution >= 4 is 29.9 Å². The number of nitrogens with one attached hydrogen (secondary N) is 2. The van der Waals surface area contributed by atoms with Crippen LogP contribution in [-0.2, 0) is 11.8 Å². The number of rotatable bonds is 4. The summed E-state index contributed by atoms with van der Waals surface area (Å²) in [5.41, 5.74) is 2.22. The van der Waals surface area contributed by atoms with Gasteiger partial charge in [0.15, 0.2) is 0 Å². The molecule has 2 aromatic rings. The first kappa shape index (κ1) is 22.3. The van der Waals surface area contributed by atoms with Gasteiger partial charge in [0.2, 0.25) is 5.91 Å². The summed E-state index contributed by atoms with van der Waals surface area (Å²) in [6.07, 6.45) is 5.85. The summed E-state index contributed by atoms with van der Waals surface area (Å²) in [7, 11) is 1.88. The van der Waals surface area contributed by atoms with Crippen molar-refractivity contribution in [3.63, 3.8) is 0 Å². The van der Waals surface area contributed by atoms with Crippen LogP contribution in [0.3, 0.4) is 0 Å². The van der Waals surface area contributed by atoms with Gasteiger partial charge in [-0.3, -0.25) is 14.3 Å². The average Bonchev–Trinajstić information content (AvgIpc) is 3.37. The van der Waals surface area contributed by atoms with E-state index in [9.17, 15) is 9.59 Å². The first-order chi connectivity index (χ1) is 14.0. The van der Waals surface area contributed by atoms with Crippen LogP contribution < -0.4 is 10.6 Å². The molecule has 2 atom stereocenters. The molecule has 0 spiro atoms. The summed E-state index contributed by atoms with van der Waals surface area (Å²) in [4.78, 5) is 28.1. The Bertz CT molecular complexity index is 891. The van der Waals surface area contributed by atoms with E-state index in [0.29, 0.717) is 23.7 Å². The first-order valence-electron chi connectivity index (χ1n) is 10.4. The molecule has 1 aromatic carbocycles. The summed E-state index contributed by atoms with van der Waals surface area (Å²) < 4.78 is 1.76. The average molecular weight is 432 g/mol. The Morgan fingerprint density at radius 1 is 1.17 bits per heavy atom. The fourth-order valence-electron chi connectivity index (χ4n) is 4.32. The zero-order valence-electron chi connectivity index (χ0n) is 17.5. The van der Waals surface area contributed by atoms with Crippen LogP contribution in [0.25, 0.3) is 0 Å². The minimum atomic E-state index is -0.196. The Morgan fingerprint density at radius 2 is 1.90 bits per heavy atom. The molecule has 2 N–H and O–H groups in total. The maximum Gasteiger partial charge on any atom is 0.255 e. The molecule has 2 aliphatic heterocycles. The molecule has 0 unspecified atom stereocenters. The number of likely N-dealkylation sites (tertiary alicyclic amines) is 1. The second kappa shape index (κ2) is 9.62. The van der Waals surface area contributed by atoms with Crippen molar-refractivity contribution in [1.82, 2.24) is 20.0 Å². The van der Waals surface area contributed by atoms with Gasteiger partial charge in [0.25, 0.3) is 5.91 Å². The Labute approximate surface area is 183 Å². The van der Waals surface area contributed by atoms with Crippen LogP contribution in [0.5, 0.6) is 0 Å². The molecule has 0 saturated carbocycles. The Kier molecular flexibility index (Phi) is 7.15. The quantitative estimate of drug-likeness (QED) is 0.780. The van der Waals surface area contributed by atoms with Gasteiger partial charge in [-0.05, 0) is 36.5 Å². The van der Waals surface area contributed by atoms with Crippen LogP contribution in [-0.4, -0.2) is 52.7 Å². The number of halogens is 1. The maximum atomic E-state index is 13.1. The van der Waals surface area contributed by atoms with E-state index in [1.165, 1.54) is 0 Å². The van der Waals surface area contributed by atoms with Gasteiger partial charge < -0.3 is 15.5 Å². The highest BCUT2D eigenvalue weighted by atomic mass is 35.5. The van der Waals surface area contributed by atoms with Gasteiger partial charge in [-0.25, -0.2) is 0 Å². The summed E-state index contributed by atoms with van der Waals surface area (Å²) in [5, 5.41) is 10.6. The molecule has 7 nitrogen and oxygen atoms in total. The van der Waals surface area contributed by atoms with Gasteiger partial charge in [0, 0.05) is 45.3 Å². The number of anilines is 1. The second-order valence-corrected chi connectivity index (χ2v) is 8.33. The lowest BCUT2D eigenvalue weighted by atomic mass is 9.90. The largest absolute Gasteiger partial charge is 0.339 e. The number of hydrogen-bond acceptors (Lipinski definition) is 4. The number of nitrogens with zero attached hydrogens (tertiary/aromatic N) is 3. The molecule has 2 fully saturated rings. The molecule has 2 amide bonds. The molecule has 8 heteroatoms. The number of piperidine rings is 1. The van der Waals surface area contributed by atoms with Crippen LogP contribution in [0.4, 0.5) is 5.69 Å². The van der Waals surface area contributed by atoms with Gasteiger partial charge in [0.05, 0.1) is 23.4 Å². The number of carbonyl (C=O) groups excluding carboxylic acids is 2. The van der Waals surface area contributed by atoms with Gasteiger partial charge in [0.1, 0.15) is 0 Å². The monoisotopic (exact) mass is 431 g/mol. The lowest BCUT2D eigenvalue weighted by Crippen LogP contribution is -2.38. The van der Waals surface area contributed by atoms with Gasteiger partial charge >= 0.3 is 0 Å². The lowest BCUT2D eigenvalue weighted by molar-refractivity contribution is -0.119. The number of aromatic nitrogens is 2. The highest BCUT2D eigenvalue weighted by Crippen LogP contribution is 2.30. The molecular formula is C22H30ClN5O2. The van der Waals surface area contributed by atoms with Crippen molar-refractivity contribution in [3.05, 3.63) is 47.8 Å². The van der Waals surface area contributed by atoms with E-state index in [2.05, 4.69) is 22.7 Å². The van der Waals surface area contributed by atoms with Crippen molar-refractivity contribution in [1.29, 1.82) is 0 Å². The van der Waals surface area contributed by atoms with Crippen molar-refractivity contribution in [3.8, 4) is 0 Å². The molecule has 2 saturated heterocycles. The van der Waals surface area contributed by atoms with Crippen LogP contribution in [0, 0.1) is 11.8 Å². The summed E-state index contributed by atoms with van der Waals surface area (Å²) >= 11 is 0. The minimum Gasteiger partial charge on any atom is -0.339 e. The third-order valence-electron chi connectivity index (χ3n) is 6.19. The first-order valence-corrected chi connectivity index (χ1v) is 10.4. The van der Waals surface area contributed by atoms with Crippen molar-refractivity contribution < 1.29 is 9.59 Å². The molecule has 162 valence electrons. The van der Waals surface area contributed by atoms with Crippen molar-refractivity contribution in [2.24, 2.45) is 18.9 Å². The molecule has 3 heterocycles. The molecule has 0 aliphatic carbocycles.